The molecule has 0 aliphatic carbocycles. The van der Waals surface area contributed by atoms with E-state index in [1.165, 1.54) is 13.0 Å². The molecular weight excluding hydrogens is 305 g/mol. The van der Waals surface area contributed by atoms with Crippen LogP contribution in [0.2, 0.25) is 5.02 Å². The van der Waals surface area contributed by atoms with Gasteiger partial charge in [0.2, 0.25) is 0 Å². The lowest BCUT2D eigenvalue weighted by atomic mass is 10.1. The second kappa shape index (κ2) is 6.15. The summed E-state index contributed by atoms with van der Waals surface area (Å²) in [7, 11) is 0. The van der Waals surface area contributed by atoms with Gasteiger partial charge in [0.05, 0.1) is 16.9 Å². The Bertz CT molecular complexity index is 636. The summed E-state index contributed by atoms with van der Waals surface area (Å²) >= 11 is 12.1. The Kier molecular flexibility index (Phi) is 4.43. The van der Waals surface area contributed by atoms with Gasteiger partial charge in [-0.05, 0) is 50.9 Å². The molecule has 0 bridgehead atoms. The quantitative estimate of drug-likeness (QED) is 0.787. The molecule has 1 aromatic carbocycles. The van der Waals surface area contributed by atoms with Crippen LogP contribution < -0.4 is 0 Å². The minimum atomic E-state index is 0.437. The smallest absolute Gasteiger partial charge is 0.124 e. The fourth-order valence-electron chi connectivity index (χ4n) is 3.20. The van der Waals surface area contributed by atoms with E-state index in [9.17, 15) is 0 Å². The summed E-state index contributed by atoms with van der Waals surface area (Å²) in [5.41, 5.74) is 2.08. The molecule has 1 atom stereocenters. The highest BCUT2D eigenvalue weighted by molar-refractivity contribution is 6.31. The van der Waals surface area contributed by atoms with Crippen LogP contribution in [0.3, 0.4) is 0 Å². The number of nitrogens with zero attached hydrogens (tertiary/aromatic N) is 3. The van der Waals surface area contributed by atoms with E-state index in [0.29, 0.717) is 17.8 Å². The molecule has 3 rings (SSSR count). The van der Waals surface area contributed by atoms with Crippen LogP contribution >= 0.6 is 23.2 Å². The van der Waals surface area contributed by atoms with Gasteiger partial charge in [0.25, 0.3) is 0 Å². The van der Waals surface area contributed by atoms with Crippen molar-refractivity contribution in [1.29, 1.82) is 0 Å². The maximum Gasteiger partial charge on any atom is 0.124 e. The molecule has 3 nitrogen and oxygen atoms in total. The van der Waals surface area contributed by atoms with Crippen LogP contribution in [0.5, 0.6) is 0 Å². The highest BCUT2D eigenvalue weighted by Gasteiger charge is 2.25. The van der Waals surface area contributed by atoms with Crippen LogP contribution in [0.1, 0.15) is 26.1 Å². The van der Waals surface area contributed by atoms with Crippen LogP contribution in [0.25, 0.3) is 11.0 Å². The van der Waals surface area contributed by atoms with Gasteiger partial charge in [0, 0.05) is 24.2 Å². The van der Waals surface area contributed by atoms with E-state index in [0.717, 1.165) is 35.0 Å². The number of likely N-dealkylation sites (tertiary alicyclic amines) is 1. The molecule has 0 amide bonds. The minimum absolute atomic E-state index is 0.437. The molecule has 1 fully saturated rings. The Labute approximate surface area is 135 Å². The average molecular weight is 326 g/mol. The van der Waals surface area contributed by atoms with E-state index in [1.807, 2.05) is 12.1 Å². The molecule has 1 aromatic heterocycles. The van der Waals surface area contributed by atoms with Crippen molar-refractivity contribution in [3.8, 4) is 0 Å². The van der Waals surface area contributed by atoms with Crippen LogP contribution in [0.4, 0.5) is 0 Å². The lowest BCUT2D eigenvalue weighted by Crippen LogP contribution is -2.28. The highest BCUT2D eigenvalue weighted by Crippen LogP contribution is 2.26. The number of hydrogen-bond acceptors (Lipinski definition) is 2. The molecule has 1 saturated heterocycles. The predicted octanol–water partition coefficient (Wildman–Crippen LogP) is 4.16. The van der Waals surface area contributed by atoms with E-state index in [2.05, 4.69) is 34.4 Å². The molecule has 2 heterocycles. The fraction of sp³-hybridized carbons (Fsp3) is 0.562. The zero-order chi connectivity index (χ0) is 15.0. The largest absolute Gasteiger partial charge is 0.327 e. The SMILES string of the molecule is CC(C)N1CCC(Cn2c(CCl)nc3cc(Cl)ccc32)C1. The Hall–Kier alpha value is -0.770. The Balaban J connectivity index is 1.86. The van der Waals surface area contributed by atoms with Gasteiger partial charge in [-0.15, -0.1) is 11.6 Å². The maximum atomic E-state index is 6.08. The third-order valence-electron chi connectivity index (χ3n) is 4.40. The molecule has 0 N–H and O–H groups in total. The van der Waals surface area contributed by atoms with Gasteiger partial charge in [-0.2, -0.15) is 0 Å². The lowest BCUT2D eigenvalue weighted by Gasteiger charge is -2.20. The summed E-state index contributed by atoms with van der Waals surface area (Å²) in [5.74, 6) is 2.05. The summed E-state index contributed by atoms with van der Waals surface area (Å²) in [4.78, 5) is 7.16. The van der Waals surface area contributed by atoms with E-state index in [-0.39, 0.29) is 0 Å². The molecule has 0 spiro atoms. The molecule has 5 heteroatoms. The standard InChI is InChI=1S/C16H21Cl2N3/c1-11(2)20-6-5-12(9-20)10-21-15-4-3-13(18)7-14(15)19-16(21)8-17/h3-4,7,11-12H,5-6,8-10H2,1-2H3. The van der Waals surface area contributed by atoms with Crippen molar-refractivity contribution in [3.63, 3.8) is 0 Å². The third-order valence-corrected chi connectivity index (χ3v) is 4.87. The molecule has 114 valence electrons. The first kappa shape index (κ1) is 15.1. The normalized spacial score (nSPS) is 20.0. The summed E-state index contributed by atoms with van der Waals surface area (Å²) in [6.07, 6.45) is 1.24. The number of hydrogen-bond donors (Lipinski definition) is 0. The van der Waals surface area contributed by atoms with Crippen molar-refractivity contribution in [2.24, 2.45) is 5.92 Å². The van der Waals surface area contributed by atoms with E-state index < -0.39 is 0 Å². The number of fused-ring (bicyclic) bond motifs is 1. The maximum absolute atomic E-state index is 6.08. The third kappa shape index (κ3) is 3.05. The van der Waals surface area contributed by atoms with Gasteiger partial charge < -0.3 is 9.47 Å². The molecule has 1 unspecified atom stereocenters. The summed E-state index contributed by atoms with van der Waals surface area (Å²) in [6.45, 7) is 7.87. The highest BCUT2D eigenvalue weighted by atomic mass is 35.5. The van der Waals surface area contributed by atoms with Gasteiger partial charge in [-0.25, -0.2) is 4.98 Å². The van der Waals surface area contributed by atoms with Gasteiger partial charge >= 0.3 is 0 Å². The number of benzene rings is 1. The van der Waals surface area contributed by atoms with Gasteiger partial charge in [0.15, 0.2) is 0 Å². The van der Waals surface area contributed by atoms with Crippen molar-refractivity contribution in [2.45, 2.75) is 38.7 Å². The van der Waals surface area contributed by atoms with Gasteiger partial charge in [-0.1, -0.05) is 11.6 Å². The van der Waals surface area contributed by atoms with Crippen LogP contribution in [0, 0.1) is 5.92 Å². The van der Waals surface area contributed by atoms with Crippen LogP contribution in [-0.2, 0) is 12.4 Å². The number of rotatable bonds is 4. The number of halogens is 2. The van der Waals surface area contributed by atoms with E-state index in [4.69, 9.17) is 23.2 Å². The summed E-state index contributed by atoms with van der Waals surface area (Å²) in [5, 5.41) is 0.722. The topological polar surface area (TPSA) is 21.1 Å². The number of imidazole rings is 1. The number of alkyl halides is 1. The van der Waals surface area contributed by atoms with Crippen molar-refractivity contribution >= 4 is 34.2 Å². The van der Waals surface area contributed by atoms with Gasteiger partial charge in [-0.3, -0.25) is 0 Å². The Morgan fingerprint density at radius 2 is 2.19 bits per heavy atom. The fourth-order valence-corrected chi connectivity index (χ4v) is 3.57. The van der Waals surface area contributed by atoms with Crippen molar-refractivity contribution in [2.75, 3.05) is 13.1 Å². The van der Waals surface area contributed by atoms with Crippen LogP contribution in [-0.4, -0.2) is 33.6 Å². The summed E-state index contributed by atoms with van der Waals surface area (Å²) < 4.78 is 2.27. The minimum Gasteiger partial charge on any atom is -0.327 e. The van der Waals surface area contributed by atoms with Crippen molar-refractivity contribution < 1.29 is 0 Å². The Morgan fingerprint density at radius 3 is 2.86 bits per heavy atom. The first-order chi connectivity index (χ1) is 10.1. The first-order valence-electron chi connectivity index (χ1n) is 7.53. The molecule has 1 aliphatic rings. The zero-order valence-electron chi connectivity index (χ0n) is 12.5. The van der Waals surface area contributed by atoms with E-state index >= 15 is 0 Å². The number of aromatic nitrogens is 2. The van der Waals surface area contributed by atoms with Gasteiger partial charge in [0.1, 0.15) is 5.82 Å². The van der Waals surface area contributed by atoms with Crippen molar-refractivity contribution in [1.82, 2.24) is 14.5 Å². The van der Waals surface area contributed by atoms with Crippen molar-refractivity contribution in [3.05, 3.63) is 29.0 Å². The molecule has 21 heavy (non-hydrogen) atoms. The molecule has 1 aliphatic heterocycles. The molecular formula is C16H21Cl2N3. The second-order valence-electron chi connectivity index (χ2n) is 6.15. The molecule has 2 aromatic rings. The monoisotopic (exact) mass is 325 g/mol. The van der Waals surface area contributed by atoms with Crippen LogP contribution in [0.15, 0.2) is 18.2 Å². The molecule has 0 radical (unpaired) electrons. The second-order valence-corrected chi connectivity index (χ2v) is 6.85. The van der Waals surface area contributed by atoms with E-state index in [1.54, 1.807) is 0 Å². The lowest BCUT2D eigenvalue weighted by molar-refractivity contribution is 0.261. The zero-order valence-corrected chi connectivity index (χ0v) is 14.0. The summed E-state index contributed by atoms with van der Waals surface area (Å²) in [6, 6.07) is 6.52. The Morgan fingerprint density at radius 1 is 1.38 bits per heavy atom. The predicted molar refractivity (Wildman–Crippen MR) is 89.1 cm³/mol. The first-order valence-corrected chi connectivity index (χ1v) is 8.44. The average Bonchev–Trinajstić information content (AvgIpc) is 3.04. The molecule has 0 saturated carbocycles.